The molecule has 0 aliphatic rings. The van der Waals surface area contributed by atoms with Gasteiger partial charge in [0.1, 0.15) is 6.20 Å². The lowest BCUT2D eigenvalue weighted by atomic mass is 10.2. The molecule has 0 aliphatic heterocycles. The summed E-state index contributed by atoms with van der Waals surface area (Å²) < 4.78 is 0. The third-order valence-corrected chi connectivity index (χ3v) is 3.22. The maximum Gasteiger partial charge on any atom is 0.329 e. The summed E-state index contributed by atoms with van der Waals surface area (Å²) in [5.41, 5.74) is 0.838. The van der Waals surface area contributed by atoms with Gasteiger partial charge in [0.15, 0.2) is 0 Å². The van der Waals surface area contributed by atoms with Gasteiger partial charge in [-0.15, -0.1) is 0 Å². The second kappa shape index (κ2) is 5.28. The molecule has 0 saturated carbocycles. The van der Waals surface area contributed by atoms with Gasteiger partial charge in [0, 0.05) is 0 Å². The Morgan fingerprint density at radius 1 is 1.61 bits per heavy atom. The van der Waals surface area contributed by atoms with Gasteiger partial charge < -0.3 is 5.32 Å². The first-order valence-corrected chi connectivity index (χ1v) is 6.35. The van der Waals surface area contributed by atoms with E-state index < -0.39 is 4.92 Å². The van der Waals surface area contributed by atoms with Gasteiger partial charge in [-0.1, -0.05) is 0 Å². The summed E-state index contributed by atoms with van der Waals surface area (Å²) in [5, 5.41) is 17.7. The topological polar surface area (TPSA) is 81.0 Å². The van der Waals surface area contributed by atoms with Gasteiger partial charge in [-0.3, -0.25) is 10.1 Å². The van der Waals surface area contributed by atoms with Crippen molar-refractivity contribution in [1.29, 1.82) is 0 Å². The molecule has 0 spiro atoms. The van der Waals surface area contributed by atoms with Crippen LogP contribution in [0.25, 0.3) is 0 Å². The minimum atomic E-state index is -0.543. The molecule has 2 aromatic heterocycles. The average molecular weight is 285 g/mol. The Hall–Kier alpha value is -1.73. The van der Waals surface area contributed by atoms with E-state index in [1.54, 1.807) is 11.3 Å². The number of aromatic nitrogens is 2. The minimum absolute atomic E-state index is 0.0272. The number of hydrogen-bond acceptors (Lipinski definition) is 6. The van der Waals surface area contributed by atoms with E-state index in [2.05, 4.69) is 15.3 Å². The molecule has 0 aliphatic carbocycles. The smallest absolute Gasteiger partial charge is 0.329 e. The lowest BCUT2D eigenvalue weighted by Gasteiger charge is -2.12. The van der Waals surface area contributed by atoms with Crippen molar-refractivity contribution in [1.82, 2.24) is 9.97 Å². The van der Waals surface area contributed by atoms with Crippen LogP contribution in [-0.4, -0.2) is 14.9 Å². The molecule has 1 unspecified atom stereocenters. The Balaban J connectivity index is 2.28. The molecule has 2 rings (SSSR count). The lowest BCUT2D eigenvalue weighted by molar-refractivity contribution is -0.384. The standard InChI is InChI=1S/C10H9ClN4O2S/c1-6(7-2-3-18-5-7)13-9-8(15(16)17)4-12-10(11)14-9/h2-6H,1H3,(H,12,13,14). The normalized spacial score (nSPS) is 12.1. The third kappa shape index (κ3) is 2.74. The van der Waals surface area contributed by atoms with Gasteiger partial charge in [0.05, 0.1) is 11.0 Å². The molecule has 1 N–H and O–H groups in total. The molecule has 0 fully saturated rings. The third-order valence-electron chi connectivity index (χ3n) is 2.33. The molecular formula is C10H9ClN4O2S. The predicted octanol–water partition coefficient (Wildman–Crippen LogP) is 3.27. The van der Waals surface area contributed by atoms with Crippen LogP contribution >= 0.6 is 22.9 Å². The summed E-state index contributed by atoms with van der Waals surface area (Å²) >= 11 is 7.21. The molecule has 0 saturated heterocycles. The van der Waals surface area contributed by atoms with E-state index in [1.165, 1.54) is 0 Å². The summed E-state index contributed by atoms with van der Waals surface area (Å²) in [7, 11) is 0. The van der Waals surface area contributed by atoms with Crippen molar-refractivity contribution >= 4 is 34.4 Å². The van der Waals surface area contributed by atoms with Crippen LogP contribution in [0.4, 0.5) is 11.5 Å². The molecule has 18 heavy (non-hydrogen) atoms. The fraction of sp³-hybridized carbons (Fsp3) is 0.200. The van der Waals surface area contributed by atoms with Crippen LogP contribution in [0.1, 0.15) is 18.5 Å². The van der Waals surface area contributed by atoms with Gasteiger partial charge in [-0.25, -0.2) is 4.98 Å². The van der Waals surface area contributed by atoms with E-state index >= 15 is 0 Å². The fourth-order valence-electron chi connectivity index (χ4n) is 1.40. The van der Waals surface area contributed by atoms with E-state index in [1.807, 2.05) is 23.8 Å². The summed E-state index contributed by atoms with van der Waals surface area (Å²) in [6.07, 6.45) is 1.10. The lowest BCUT2D eigenvalue weighted by Crippen LogP contribution is -2.09. The predicted molar refractivity (Wildman–Crippen MR) is 70.1 cm³/mol. The number of halogens is 1. The van der Waals surface area contributed by atoms with Crippen molar-refractivity contribution < 1.29 is 4.92 Å². The highest BCUT2D eigenvalue weighted by Crippen LogP contribution is 2.27. The van der Waals surface area contributed by atoms with Gasteiger partial charge in [-0.2, -0.15) is 16.3 Å². The van der Waals surface area contributed by atoms with Crippen LogP contribution in [0.2, 0.25) is 5.28 Å². The molecule has 94 valence electrons. The Labute approximate surface area is 112 Å². The van der Waals surface area contributed by atoms with Crippen LogP contribution in [0.3, 0.4) is 0 Å². The van der Waals surface area contributed by atoms with Crippen molar-refractivity contribution in [3.05, 3.63) is 44.0 Å². The zero-order valence-electron chi connectivity index (χ0n) is 9.33. The van der Waals surface area contributed by atoms with E-state index in [-0.39, 0.29) is 22.8 Å². The maximum atomic E-state index is 10.8. The Kier molecular flexibility index (Phi) is 3.73. The molecule has 0 radical (unpaired) electrons. The second-order valence-electron chi connectivity index (χ2n) is 3.55. The summed E-state index contributed by atoms with van der Waals surface area (Å²) in [6, 6.07) is 1.85. The van der Waals surface area contributed by atoms with Gasteiger partial charge in [0.2, 0.25) is 11.1 Å². The number of nitrogens with zero attached hydrogens (tertiary/aromatic N) is 3. The van der Waals surface area contributed by atoms with Crippen molar-refractivity contribution in [3.63, 3.8) is 0 Å². The first-order valence-electron chi connectivity index (χ1n) is 5.03. The maximum absolute atomic E-state index is 10.8. The Morgan fingerprint density at radius 2 is 2.39 bits per heavy atom. The van der Waals surface area contributed by atoms with Crippen molar-refractivity contribution in [2.45, 2.75) is 13.0 Å². The molecular weight excluding hydrogens is 276 g/mol. The zero-order chi connectivity index (χ0) is 13.1. The van der Waals surface area contributed by atoms with Crippen LogP contribution in [0.5, 0.6) is 0 Å². The number of nitro groups is 1. The van der Waals surface area contributed by atoms with E-state index in [0.29, 0.717) is 0 Å². The van der Waals surface area contributed by atoms with Gasteiger partial charge >= 0.3 is 5.69 Å². The highest BCUT2D eigenvalue weighted by atomic mass is 35.5. The Bertz CT molecular complexity index is 561. The number of rotatable bonds is 4. The van der Waals surface area contributed by atoms with Crippen molar-refractivity contribution in [2.24, 2.45) is 0 Å². The van der Waals surface area contributed by atoms with Crippen LogP contribution < -0.4 is 5.32 Å². The molecule has 0 aromatic carbocycles. The molecule has 2 heterocycles. The summed E-state index contributed by atoms with van der Waals surface area (Å²) in [6.45, 7) is 1.89. The quantitative estimate of drug-likeness (QED) is 0.529. The molecule has 0 bridgehead atoms. The Morgan fingerprint density at radius 3 is 3.00 bits per heavy atom. The van der Waals surface area contributed by atoms with Crippen molar-refractivity contribution in [3.8, 4) is 0 Å². The molecule has 8 heteroatoms. The van der Waals surface area contributed by atoms with E-state index in [0.717, 1.165) is 11.8 Å². The van der Waals surface area contributed by atoms with Crippen LogP contribution in [-0.2, 0) is 0 Å². The number of thiophene rings is 1. The van der Waals surface area contributed by atoms with Gasteiger partial charge in [0.25, 0.3) is 0 Å². The van der Waals surface area contributed by atoms with Gasteiger partial charge in [-0.05, 0) is 40.9 Å². The first kappa shape index (κ1) is 12.7. The molecule has 2 aromatic rings. The number of nitrogens with one attached hydrogen (secondary N) is 1. The SMILES string of the molecule is CC(Nc1nc(Cl)ncc1[N+](=O)[O-])c1ccsc1. The highest BCUT2D eigenvalue weighted by Gasteiger charge is 2.19. The summed E-state index contributed by atoms with van der Waals surface area (Å²) in [4.78, 5) is 17.8. The first-order chi connectivity index (χ1) is 8.58. The number of hydrogen-bond donors (Lipinski definition) is 1. The monoisotopic (exact) mass is 284 g/mol. The van der Waals surface area contributed by atoms with Crippen molar-refractivity contribution in [2.75, 3.05) is 5.32 Å². The van der Waals surface area contributed by atoms with Crippen LogP contribution in [0, 0.1) is 10.1 Å². The fourth-order valence-corrected chi connectivity index (χ4v) is 2.29. The summed E-state index contributed by atoms with van der Waals surface area (Å²) in [5.74, 6) is 0.124. The number of anilines is 1. The molecule has 6 nitrogen and oxygen atoms in total. The van der Waals surface area contributed by atoms with Crippen LogP contribution in [0.15, 0.2) is 23.0 Å². The second-order valence-corrected chi connectivity index (χ2v) is 4.67. The van der Waals surface area contributed by atoms with E-state index in [4.69, 9.17) is 11.6 Å². The molecule has 1 atom stereocenters. The zero-order valence-corrected chi connectivity index (χ0v) is 10.9. The highest BCUT2D eigenvalue weighted by molar-refractivity contribution is 7.07. The largest absolute Gasteiger partial charge is 0.358 e. The average Bonchev–Trinajstić information content (AvgIpc) is 2.81. The molecule has 0 amide bonds. The minimum Gasteiger partial charge on any atom is -0.358 e. The van der Waals surface area contributed by atoms with E-state index in [9.17, 15) is 10.1 Å².